The second kappa shape index (κ2) is 8.00. The smallest absolute Gasteiger partial charge is 0.374 e. The summed E-state index contributed by atoms with van der Waals surface area (Å²) in [5.74, 6) is -1.02. The van der Waals surface area contributed by atoms with Crippen molar-refractivity contribution in [3.63, 3.8) is 0 Å². The Kier molecular flexibility index (Phi) is 6.03. The van der Waals surface area contributed by atoms with Crippen molar-refractivity contribution in [3.05, 3.63) is 57.4 Å². The molecule has 116 valence electrons. The number of carbonyl (C=O) groups is 2. The van der Waals surface area contributed by atoms with Crippen LogP contribution in [-0.4, -0.2) is 25.0 Å². The fourth-order valence-electron chi connectivity index (χ4n) is 1.72. The molecular weight excluding hydrogens is 374 g/mol. The Morgan fingerprint density at radius 1 is 1.27 bits per heavy atom. The topological polar surface area (TPSA) is 68.5 Å². The maximum Gasteiger partial charge on any atom is 0.374 e. The molecule has 0 saturated heterocycles. The zero-order valence-corrected chi connectivity index (χ0v) is 13.8. The van der Waals surface area contributed by atoms with Gasteiger partial charge in [-0.05, 0) is 52.2 Å². The number of carbonyl (C=O) groups excluding carboxylic acids is 2. The van der Waals surface area contributed by atoms with E-state index in [1.165, 1.54) is 6.07 Å². The molecule has 22 heavy (non-hydrogen) atoms. The molecule has 2 aromatic rings. The summed E-state index contributed by atoms with van der Waals surface area (Å²) in [5.41, 5.74) is 1.02. The maximum absolute atomic E-state index is 11.6. The SMILES string of the molecule is O=C(COC(=O)c1ccc(Br)o1)NCCc1cccc(Cl)c1. The Hall–Kier alpha value is -1.79. The van der Waals surface area contributed by atoms with E-state index in [4.69, 9.17) is 20.8 Å². The summed E-state index contributed by atoms with van der Waals surface area (Å²) in [7, 11) is 0. The molecule has 1 amide bonds. The zero-order chi connectivity index (χ0) is 15.9. The molecular formula is C15H13BrClNO4. The Labute approximate surface area is 140 Å². The Morgan fingerprint density at radius 3 is 2.77 bits per heavy atom. The molecule has 0 radical (unpaired) electrons. The number of ether oxygens (including phenoxy) is 1. The lowest BCUT2D eigenvalue weighted by Gasteiger charge is -2.06. The van der Waals surface area contributed by atoms with Gasteiger partial charge < -0.3 is 14.5 Å². The summed E-state index contributed by atoms with van der Waals surface area (Å²) in [4.78, 5) is 23.2. The van der Waals surface area contributed by atoms with Gasteiger partial charge in [-0.2, -0.15) is 0 Å². The summed E-state index contributed by atoms with van der Waals surface area (Å²) in [5, 5.41) is 3.32. The summed E-state index contributed by atoms with van der Waals surface area (Å²) in [6.45, 7) is 0.0791. The van der Waals surface area contributed by atoms with Crippen LogP contribution in [0.2, 0.25) is 5.02 Å². The van der Waals surface area contributed by atoms with E-state index in [-0.39, 0.29) is 18.3 Å². The number of hydrogen-bond donors (Lipinski definition) is 1. The molecule has 1 aromatic carbocycles. The standard InChI is InChI=1S/C15H13BrClNO4/c16-13-5-4-12(22-13)15(20)21-9-14(19)18-7-6-10-2-1-3-11(17)8-10/h1-5,8H,6-7,9H2,(H,18,19). The van der Waals surface area contributed by atoms with Crippen LogP contribution in [0.4, 0.5) is 0 Å². The van der Waals surface area contributed by atoms with Gasteiger partial charge in [0.2, 0.25) is 5.76 Å². The largest absolute Gasteiger partial charge is 0.450 e. The van der Waals surface area contributed by atoms with Gasteiger partial charge in [-0.25, -0.2) is 4.79 Å². The van der Waals surface area contributed by atoms with Gasteiger partial charge in [-0.3, -0.25) is 4.79 Å². The van der Waals surface area contributed by atoms with Crippen molar-refractivity contribution in [1.82, 2.24) is 5.32 Å². The van der Waals surface area contributed by atoms with E-state index in [2.05, 4.69) is 21.2 Å². The molecule has 5 nitrogen and oxygen atoms in total. The number of furan rings is 1. The van der Waals surface area contributed by atoms with Gasteiger partial charge in [0.25, 0.3) is 5.91 Å². The van der Waals surface area contributed by atoms with Crippen molar-refractivity contribution in [3.8, 4) is 0 Å². The van der Waals surface area contributed by atoms with Gasteiger partial charge in [-0.1, -0.05) is 23.7 Å². The maximum atomic E-state index is 11.6. The van der Waals surface area contributed by atoms with Gasteiger partial charge in [0, 0.05) is 11.6 Å². The van der Waals surface area contributed by atoms with Gasteiger partial charge in [0.15, 0.2) is 11.3 Å². The van der Waals surface area contributed by atoms with Gasteiger partial charge in [-0.15, -0.1) is 0 Å². The lowest BCUT2D eigenvalue weighted by molar-refractivity contribution is -0.124. The minimum absolute atomic E-state index is 0.0404. The van der Waals surface area contributed by atoms with Crippen LogP contribution in [0, 0.1) is 0 Å². The van der Waals surface area contributed by atoms with Crippen molar-refractivity contribution in [2.75, 3.05) is 13.2 Å². The molecule has 0 aliphatic rings. The number of nitrogens with one attached hydrogen (secondary N) is 1. The third-order valence-corrected chi connectivity index (χ3v) is 3.39. The van der Waals surface area contributed by atoms with Crippen molar-refractivity contribution in [2.45, 2.75) is 6.42 Å². The Morgan fingerprint density at radius 2 is 2.09 bits per heavy atom. The molecule has 0 aliphatic carbocycles. The first kappa shape index (κ1) is 16.6. The molecule has 1 N–H and O–H groups in total. The van der Waals surface area contributed by atoms with Crippen LogP contribution in [0.1, 0.15) is 16.1 Å². The molecule has 0 unspecified atom stereocenters. The van der Waals surface area contributed by atoms with Gasteiger partial charge in [0.05, 0.1) is 0 Å². The van der Waals surface area contributed by atoms with Crippen molar-refractivity contribution < 1.29 is 18.7 Å². The molecule has 0 atom stereocenters. The van der Waals surface area contributed by atoms with E-state index in [1.807, 2.05) is 18.2 Å². The zero-order valence-electron chi connectivity index (χ0n) is 11.5. The highest BCUT2D eigenvalue weighted by Crippen LogP contribution is 2.14. The molecule has 1 aromatic heterocycles. The number of amides is 1. The van der Waals surface area contributed by atoms with E-state index in [1.54, 1.807) is 12.1 Å². The van der Waals surface area contributed by atoms with E-state index >= 15 is 0 Å². The first-order chi connectivity index (χ1) is 10.5. The molecule has 2 rings (SSSR count). The average molecular weight is 387 g/mol. The summed E-state index contributed by atoms with van der Waals surface area (Å²) in [6.07, 6.45) is 0.644. The van der Waals surface area contributed by atoms with E-state index < -0.39 is 5.97 Å². The monoisotopic (exact) mass is 385 g/mol. The number of benzene rings is 1. The molecule has 0 bridgehead atoms. The minimum atomic E-state index is -0.685. The highest BCUT2D eigenvalue weighted by atomic mass is 79.9. The van der Waals surface area contributed by atoms with Gasteiger partial charge >= 0.3 is 5.97 Å². The molecule has 0 fully saturated rings. The summed E-state index contributed by atoms with van der Waals surface area (Å²) >= 11 is 8.95. The first-order valence-corrected chi connectivity index (χ1v) is 7.65. The molecule has 0 aliphatic heterocycles. The number of hydrogen-bond acceptors (Lipinski definition) is 4. The van der Waals surface area contributed by atoms with Crippen LogP contribution < -0.4 is 5.32 Å². The number of halogens is 2. The predicted molar refractivity (Wildman–Crippen MR) is 84.9 cm³/mol. The van der Waals surface area contributed by atoms with Crippen LogP contribution in [-0.2, 0) is 16.0 Å². The fraction of sp³-hybridized carbons (Fsp3) is 0.200. The average Bonchev–Trinajstić information content (AvgIpc) is 2.91. The quantitative estimate of drug-likeness (QED) is 0.774. The van der Waals surface area contributed by atoms with Crippen molar-refractivity contribution in [1.29, 1.82) is 0 Å². The highest BCUT2D eigenvalue weighted by Gasteiger charge is 2.13. The normalized spacial score (nSPS) is 10.3. The van der Waals surface area contributed by atoms with Crippen molar-refractivity contribution >= 4 is 39.4 Å². The lowest BCUT2D eigenvalue weighted by Crippen LogP contribution is -2.30. The second-order valence-electron chi connectivity index (χ2n) is 4.41. The van der Waals surface area contributed by atoms with E-state index in [0.717, 1.165) is 5.56 Å². The Balaban J connectivity index is 1.69. The third kappa shape index (κ3) is 5.20. The van der Waals surface area contributed by atoms with Crippen LogP contribution in [0.25, 0.3) is 0 Å². The fourth-order valence-corrected chi connectivity index (χ4v) is 2.24. The van der Waals surface area contributed by atoms with Crippen LogP contribution in [0.15, 0.2) is 45.5 Å². The second-order valence-corrected chi connectivity index (χ2v) is 5.63. The predicted octanol–water partition coefficient (Wildman–Crippen LogP) is 3.21. The molecule has 0 spiro atoms. The summed E-state index contributed by atoms with van der Waals surface area (Å²) in [6, 6.07) is 10.4. The number of rotatable bonds is 6. The van der Waals surface area contributed by atoms with Crippen LogP contribution in [0.3, 0.4) is 0 Å². The lowest BCUT2D eigenvalue weighted by atomic mass is 10.1. The van der Waals surface area contributed by atoms with Crippen LogP contribution >= 0.6 is 27.5 Å². The Bertz CT molecular complexity index is 671. The molecule has 7 heteroatoms. The summed E-state index contributed by atoms with van der Waals surface area (Å²) < 4.78 is 10.3. The first-order valence-electron chi connectivity index (χ1n) is 6.48. The van der Waals surface area contributed by atoms with Crippen molar-refractivity contribution in [2.24, 2.45) is 0 Å². The number of esters is 1. The molecule has 1 heterocycles. The van der Waals surface area contributed by atoms with Crippen LogP contribution in [0.5, 0.6) is 0 Å². The molecule has 0 saturated carbocycles. The van der Waals surface area contributed by atoms with E-state index in [9.17, 15) is 9.59 Å². The van der Waals surface area contributed by atoms with Gasteiger partial charge in [0.1, 0.15) is 0 Å². The minimum Gasteiger partial charge on any atom is -0.450 e. The van der Waals surface area contributed by atoms with E-state index in [0.29, 0.717) is 22.7 Å². The highest BCUT2D eigenvalue weighted by molar-refractivity contribution is 9.10. The third-order valence-electron chi connectivity index (χ3n) is 2.73.